The molecule has 0 aliphatic heterocycles. The number of rotatable bonds is 3. The topological polar surface area (TPSA) is 72.9 Å². The Hall–Kier alpha value is -1.72. The Labute approximate surface area is 113 Å². The van der Waals surface area contributed by atoms with E-state index in [0.717, 1.165) is 0 Å². The van der Waals surface area contributed by atoms with Gasteiger partial charge in [0.15, 0.2) is 0 Å². The van der Waals surface area contributed by atoms with E-state index in [2.05, 4.69) is 10.4 Å². The molecule has 0 aliphatic carbocycles. The summed E-state index contributed by atoms with van der Waals surface area (Å²) in [4.78, 5) is 11.7. The first-order valence-electron chi connectivity index (χ1n) is 5.07. The minimum absolute atomic E-state index is 0.0542. The number of halogens is 2. The zero-order valence-electron chi connectivity index (χ0n) is 9.23. The summed E-state index contributed by atoms with van der Waals surface area (Å²) in [6.45, 7) is 0.0542. The van der Waals surface area contributed by atoms with Crippen molar-refractivity contribution < 1.29 is 4.79 Å². The van der Waals surface area contributed by atoms with Crippen LogP contribution >= 0.6 is 23.2 Å². The molecule has 0 bridgehead atoms. The van der Waals surface area contributed by atoms with Crippen LogP contribution in [-0.2, 0) is 11.3 Å². The molecule has 0 atom stereocenters. The van der Waals surface area contributed by atoms with Gasteiger partial charge >= 0.3 is 0 Å². The fraction of sp³-hybridized carbons (Fsp3) is 0.0909. The lowest BCUT2D eigenvalue weighted by molar-refractivity contribution is -0.116. The van der Waals surface area contributed by atoms with Crippen LogP contribution < -0.4 is 11.1 Å². The van der Waals surface area contributed by atoms with Gasteiger partial charge in [-0.25, -0.2) is 0 Å². The van der Waals surface area contributed by atoms with E-state index >= 15 is 0 Å². The number of nitrogens with two attached hydrogens (primary N) is 1. The van der Waals surface area contributed by atoms with Gasteiger partial charge in [-0.15, -0.1) is 0 Å². The predicted molar refractivity (Wildman–Crippen MR) is 71.7 cm³/mol. The summed E-state index contributed by atoms with van der Waals surface area (Å²) in [5, 5.41) is 7.54. The van der Waals surface area contributed by atoms with Crippen LogP contribution in [0.4, 0.5) is 11.4 Å². The van der Waals surface area contributed by atoms with Crippen molar-refractivity contribution in [3.63, 3.8) is 0 Å². The Bertz CT molecular complexity index is 582. The zero-order chi connectivity index (χ0) is 13.1. The average molecular weight is 285 g/mol. The fourth-order valence-corrected chi connectivity index (χ4v) is 1.73. The Morgan fingerprint density at radius 3 is 2.83 bits per heavy atom. The SMILES string of the molecule is Nc1ccc(Cl)cc1NC(=O)Cn1cc(Cl)cn1. The van der Waals surface area contributed by atoms with Crippen molar-refractivity contribution in [1.29, 1.82) is 0 Å². The minimum Gasteiger partial charge on any atom is -0.397 e. The molecule has 0 saturated heterocycles. The van der Waals surface area contributed by atoms with Crippen LogP contribution in [0.15, 0.2) is 30.6 Å². The zero-order valence-corrected chi connectivity index (χ0v) is 10.7. The number of nitrogen functional groups attached to an aromatic ring is 1. The van der Waals surface area contributed by atoms with Crippen LogP contribution in [-0.4, -0.2) is 15.7 Å². The first kappa shape index (κ1) is 12.7. The number of anilines is 2. The van der Waals surface area contributed by atoms with E-state index in [1.165, 1.54) is 10.9 Å². The van der Waals surface area contributed by atoms with Crippen molar-refractivity contribution in [3.05, 3.63) is 40.6 Å². The van der Waals surface area contributed by atoms with Crippen LogP contribution in [0, 0.1) is 0 Å². The van der Waals surface area contributed by atoms with Gasteiger partial charge in [0.05, 0.1) is 22.6 Å². The largest absolute Gasteiger partial charge is 0.397 e. The first-order valence-corrected chi connectivity index (χ1v) is 5.83. The number of hydrogen-bond acceptors (Lipinski definition) is 3. The highest BCUT2D eigenvalue weighted by Crippen LogP contribution is 2.22. The highest BCUT2D eigenvalue weighted by Gasteiger charge is 2.07. The van der Waals surface area contributed by atoms with Gasteiger partial charge in [-0.1, -0.05) is 23.2 Å². The van der Waals surface area contributed by atoms with Crippen LogP contribution in [0.25, 0.3) is 0 Å². The molecule has 5 nitrogen and oxygen atoms in total. The van der Waals surface area contributed by atoms with E-state index in [0.29, 0.717) is 21.4 Å². The number of carbonyl (C=O) groups is 1. The molecule has 2 rings (SSSR count). The third kappa shape index (κ3) is 3.15. The molecule has 1 amide bonds. The summed E-state index contributed by atoms with van der Waals surface area (Å²) in [6, 6.07) is 4.87. The van der Waals surface area contributed by atoms with Crippen LogP contribution in [0.5, 0.6) is 0 Å². The Kier molecular flexibility index (Phi) is 3.74. The van der Waals surface area contributed by atoms with E-state index in [1.807, 2.05) is 0 Å². The summed E-state index contributed by atoms with van der Waals surface area (Å²) >= 11 is 11.5. The van der Waals surface area contributed by atoms with Crippen molar-refractivity contribution >= 4 is 40.5 Å². The number of hydrogen-bond donors (Lipinski definition) is 2. The summed E-state index contributed by atoms with van der Waals surface area (Å²) in [6.07, 6.45) is 3.02. The second-order valence-electron chi connectivity index (χ2n) is 3.64. The van der Waals surface area contributed by atoms with Crippen LogP contribution in [0.3, 0.4) is 0 Å². The lowest BCUT2D eigenvalue weighted by Crippen LogP contribution is -2.19. The van der Waals surface area contributed by atoms with E-state index in [1.54, 1.807) is 24.4 Å². The molecule has 1 aromatic heterocycles. The van der Waals surface area contributed by atoms with Crippen molar-refractivity contribution in [1.82, 2.24) is 9.78 Å². The van der Waals surface area contributed by atoms with Gasteiger partial charge in [-0.05, 0) is 18.2 Å². The van der Waals surface area contributed by atoms with E-state index in [9.17, 15) is 4.79 Å². The third-order valence-corrected chi connectivity index (χ3v) is 2.63. The maximum absolute atomic E-state index is 11.7. The van der Waals surface area contributed by atoms with Crippen molar-refractivity contribution in [2.45, 2.75) is 6.54 Å². The molecule has 1 aromatic carbocycles. The number of benzene rings is 1. The van der Waals surface area contributed by atoms with Gasteiger partial charge in [0.1, 0.15) is 6.54 Å². The lowest BCUT2D eigenvalue weighted by Gasteiger charge is -2.08. The van der Waals surface area contributed by atoms with Crippen molar-refractivity contribution in [2.24, 2.45) is 0 Å². The number of amides is 1. The lowest BCUT2D eigenvalue weighted by atomic mass is 10.2. The third-order valence-electron chi connectivity index (χ3n) is 2.20. The molecule has 0 spiro atoms. The molecule has 0 unspecified atom stereocenters. The van der Waals surface area contributed by atoms with Gasteiger partial charge in [0.2, 0.25) is 5.91 Å². The molecule has 1 heterocycles. The number of carbonyl (C=O) groups excluding carboxylic acids is 1. The van der Waals surface area contributed by atoms with E-state index in [4.69, 9.17) is 28.9 Å². The van der Waals surface area contributed by atoms with E-state index < -0.39 is 0 Å². The monoisotopic (exact) mass is 284 g/mol. The number of aromatic nitrogens is 2. The summed E-state index contributed by atoms with van der Waals surface area (Å²) in [7, 11) is 0. The minimum atomic E-state index is -0.260. The molecule has 2 aromatic rings. The molecule has 94 valence electrons. The molecule has 0 radical (unpaired) electrons. The highest BCUT2D eigenvalue weighted by molar-refractivity contribution is 6.31. The number of nitrogens with one attached hydrogen (secondary N) is 1. The van der Waals surface area contributed by atoms with Crippen molar-refractivity contribution in [3.8, 4) is 0 Å². The normalized spacial score (nSPS) is 10.3. The van der Waals surface area contributed by atoms with Crippen LogP contribution in [0.1, 0.15) is 0 Å². The molecule has 0 fully saturated rings. The number of nitrogens with zero attached hydrogens (tertiary/aromatic N) is 2. The standard InChI is InChI=1S/C11H10Cl2N4O/c12-7-1-2-9(14)10(3-7)16-11(18)6-17-5-8(13)4-15-17/h1-5H,6,14H2,(H,16,18). The molecule has 0 saturated carbocycles. The Morgan fingerprint density at radius 2 is 2.17 bits per heavy atom. The second-order valence-corrected chi connectivity index (χ2v) is 4.51. The summed E-state index contributed by atoms with van der Waals surface area (Å²) < 4.78 is 1.43. The van der Waals surface area contributed by atoms with Gasteiger partial charge in [-0.3, -0.25) is 9.48 Å². The first-order chi connectivity index (χ1) is 8.54. The molecule has 0 aliphatic rings. The molecule has 18 heavy (non-hydrogen) atoms. The Morgan fingerprint density at radius 1 is 1.39 bits per heavy atom. The van der Waals surface area contributed by atoms with Gasteiger partial charge in [0, 0.05) is 11.2 Å². The molecular formula is C11H10Cl2N4O. The maximum Gasteiger partial charge on any atom is 0.246 e. The average Bonchev–Trinajstić information content (AvgIpc) is 2.69. The molecule has 7 heteroatoms. The summed E-state index contributed by atoms with van der Waals surface area (Å²) in [5.41, 5.74) is 6.65. The van der Waals surface area contributed by atoms with Gasteiger partial charge < -0.3 is 11.1 Å². The highest BCUT2D eigenvalue weighted by atomic mass is 35.5. The Balaban J connectivity index is 2.05. The fourth-order valence-electron chi connectivity index (χ4n) is 1.40. The predicted octanol–water partition coefficient (Wildman–Crippen LogP) is 2.41. The maximum atomic E-state index is 11.7. The quantitative estimate of drug-likeness (QED) is 0.850. The van der Waals surface area contributed by atoms with E-state index in [-0.39, 0.29) is 12.5 Å². The molecular weight excluding hydrogens is 275 g/mol. The van der Waals surface area contributed by atoms with Crippen LogP contribution in [0.2, 0.25) is 10.0 Å². The second kappa shape index (κ2) is 5.29. The van der Waals surface area contributed by atoms with Crippen molar-refractivity contribution in [2.75, 3.05) is 11.1 Å². The summed E-state index contributed by atoms with van der Waals surface area (Å²) in [5.74, 6) is -0.260. The van der Waals surface area contributed by atoms with Gasteiger partial charge in [0.25, 0.3) is 0 Å². The smallest absolute Gasteiger partial charge is 0.246 e. The molecule has 3 N–H and O–H groups in total. The van der Waals surface area contributed by atoms with Gasteiger partial charge in [-0.2, -0.15) is 5.10 Å².